The lowest BCUT2D eigenvalue weighted by Gasteiger charge is -2.36. The SMILES string of the molecule is COc1ccc(Cl)cc1NC(=O)C[C@@H]1C(=O)NCCN1C(=S)Nc1ccccc1. The smallest absolute Gasteiger partial charge is 0.243 e. The Hall–Kier alpha value is -2.84. The summed E-state index contributed by atoms with van der Waals surface area (Å²) < 4.78 is 5.24. The molecule has 1 fully saturated rings. The molecule has 29 heavy (non-hydrogen) atoms. The van der Waals surface area contributed by atoms with Crippen LogP contribution in [-0.4, -0.2) is 48.1 Å². The van der Waals surface area contributed by atoms with Crippen molar-refractivity contribution >= 4 is 52.1 Å². The number of amides is 2. The maximum Gasteiger partial charge on any atom is 0.243 e. The van der Waals surface area contributed by atoms with Crippen molar-refractivity contribution < 1.29 is 14.3 Å². The van der Waals surface area contributed by atoms with Gasteiger partial charge in [-0.25, -0.2) is 0 Å². The zero-order valence-corrected chi connectivity index (χ0v) is 17.3. The van der Waals surface area contributed by atoms with E-state index in [1.807, 2.05) is 30.3 Å². The first-order chi connectivity index (χ1) is 14.0. The number of carbonyl (C=O) groups excluding carboxylic acids is 2. The van der Waals surface area contributed by atoms with Gasteiger partial charge >= 0.3 is 0 Å². The van der Waals surface area contributed by atoms with Crippen LogP contribution in [0.1, 0.15) is 6.42 Å². The Bertz CT molecular complexity index is 910. The maximum atomic E-state index is 12.7. The van der Waals surface area contributed by atoms with Crippen molar-refractivity contribution in [2.24, 2.45) is 0 Å². The molecule has 7 nitrogen and oxygen atoms in total. The van der Waals surface area contributed by atoms with Crippen LogP contribution in [0.4, 0.5) is 11.4 Å². The highest BCUT2D eigenvalue weighted by Crippen LogP contribution is 2.28. The Morgan fingerprint density at radius 3 is 2.76 bits per heavy atom. The summed E-state index contributed by atoms with van der Waals surface area (Å²) in [7, 11) is 1.50. The number of benzene rings is 2. The fourth-order valence-corrected chi connectivity index (χ4v) is 3.54. The minimum Gasteiger partial charge on any atom is -0.495 e. The lowest BCUT2D eigenvalue weighted by atomic mass is 10.1. The van der Waals surface area contributed by atoms with Crippen molar-refractivity contribution in [1.29, 1.82) is 0 Å². The van der Waals surface area contributed by atoms with Crippen LogP contribution in [0.15, 0.2) is 48.5 Å². The Labute approximate surface area is 179 Å². The number of carbonyl (C=O) groups is 2. The van der Waals surface area contributed by atoms with Gasteiger partial charge in [-0.2, -0.15) is 0 Å². The molecule has 1 aliphatic heterocycles. The van der Waals surface area contributed by atoms with E-state index < -0.39 is 6.04 Å². The van der Waals surface area contributed by atoms with E-state index in [1.54, 1.807) is 23.1 Å². The fraction of sp³-hybridized carbons (Fsp3) is 0.250. The zero-order valence-electron chi connectivity index (χ0n) is 15.8. The Kier molecular flexibility index (Phi) is 6.90. The summed E-state index contributed by atoms with van der Waals surface area (Å²) in [6.45, 7) is 0.957. The molecule has 1 heterocycles. The summed E-state index contributed by atoms with van der Waals surface area (Å²) in [6, 6.07) is 13.6. The summed E-state index contributed by atoms with van der Waals surface area (Å²) in [5, 5.41) is 9.52. The second-order valence-electron chi connectivity index (χ2n) is 6.39. The van der Waals surface area contributed by atoms with Crippen LogP contribution in [0.3, 0.4) is 0 Å². The van der Waals surface area contributed by atoms with Crippen LogP contribution in [-0.2, 0) is 9.59 Å². The molecule has 9 heteroatoms. The predicted molar refractivity (Wildman–Crippen MR) is 117 cm³/mol. The molecule has 1 aliphatic rings. The molecule has 0 saturated carbocycles. The number of halogens is 1. The van der Waals surface area contributed by atoms with E-state index in [0.717, 1.165) is 5.69 Å². The molecule has 2 aromatic carbocycles. The number of nitrogens with zero attached hydrogens (tertiary/aromatic N) is 1. The number of ether oxygens (including phenoxy) is 1. The summed E-state index contributed by atoms with van der Waals surface area (Å²) in [5.74, 6) is -0.115. The van der Waals surface area contributed by atoms with Gasteiger partial charge in [0.05, 0.1) is 19.2 Å². The molecule has 0 aliphatic carbocycles. The predicted octanol–water partition coefficient (Wildman–Crippen LogP) is 2.87. The van der Waals surface area contributed by atoms with E-state index in [9.17, 15) is 9.59 Å². The minimum atomic E-state index is -0.724. The van der Waals surface area contributed by atoms with Crippen LogP contribution in [0.2, 0.25) is 5.02 Å². The minimum absolute atomic E-state index is 0.0713. The molecule has 0 aromatic heterocycles. The van der Waals surface area contributed by atoms with E-state index in [1.165, 1.54) is 7.11 Å². The first-order valence-corrected chi connectivity index (χ1v) is 9.80. The van der Waals surface area contributed by atoms with Gasteiger partial charge in [0, 0.05) is 23.8 Å². The molecular weight excluding hydrogens is 412 g/mol. The Morgan fingerprint density at radius 2 is 2.03 bits per heavy atom. The molecule has 0 radical (unpaired) electrons. The summed E-state index contributed by atoms with van der Waals surface area (Å²) in [4.78, 5) is 26.8. The zero-order chi connectivity index (χ0) is 20.8. The van der Waals surface area contributed by atoms with Gasteiger partial charge in [-0.3, -0.25) is 9.59 Å². The van der Waals surface area contributed by atoms with Crippen molar-refractivity contribution in [1.82, 2.24) is 10.2 Å². The number of methoxy groups -OCH3 is 1. The van der Waals surface area contributed by atoms with Crippen molar-refractivity contribution in [3.63, 3.8) is 0 Å². The second-order valence-corrected chi connectivity index (χ2v) is 7.22. The highest BCUT2D eigenvalue weighted by Gasteiger charge is 2.33. The molecule has 3 N–H and O–H groups in total. The van der Waals surface area contributed by atoms with Gasteiger partial charge < -0.3 is 25.6 Å². The van der Waals surface area contributed by atoms with E-state index in [2.05, 4.69) is 16.0 Å². The van der Waals surface area contributed by atoms with E-state index in [0.29, 0.717) is 34.7 Å². The van der Waals surface area contributed by atoms with Crippen LogP contribution in [0, 0.1) is 0 Å². The molecule has 0 unspecified atom stereocenters. The molecule has 2 aromatic rings. The highest BCUT2D eigenvalue weighted by atomic mass is 35.5. The summed E-state index contributed by atoms with van der Waals surface area (Å²) >= 11 is 11.5. The lowest BCUT2D eigenvalue weighted by Crippen LogP contribution is -2.58. The van der Waals surface area contributed by atoms with Crippen molar-refractivity contribution in [2.75, 3.05) is 30.8 Å². The molecule has 152 valence electrons. The van der Waals surface area contributed by atoms with Gasteiger partial charge in [-0.1, -0.05) is 29.8 Å². The third-order valence-corrected chi connectivity index (χ3v) is 5.00. The van der Waals surface area contributed by atoms with Gasteiger partial charge in [0.1, 0.15) is 11.8 Å². The highest BCUT2D eigenvalue weighted by molar-refractivity contribution is 7.80. The van der Waals surface area contributed by atoms with Gasteiger partial charge in [0.2, 0.25) is 11.8 Å². The number of rotatable bonds is 5. The number of hydrogen-bond donors (Lipinski definition) is 3. The van der Waals surface area contributed by atoms with Crippen molar-refractivity contribution in [2.45, 2.75) is 12.5 Å². The maximum absolute atomic E-state index is 12.7. The van der Waals surface area contributed by atoms with E-state index >= 15 is 0 Å². The van der Waals surface area contributed by atoms with E-state index in [-0.39, 0.29) is 18.2 Å². The average molecular weight is 433 g/mol. The quantitative estimate of drug-likeness (QED) is 0.630. The van der Waals surface area contributed by atoms with Gasteiger partial charge in [0.25, 0.3) is 0 Å². The standard InChI is InChI=1S/C20H21ClN4O3S/c1-28-17-8-7-13(21)11-15(17)24-18(26)12-16-19(27)22-9-10-25(16)20(29)23-14-5-3-2-4-6-14/h2-8,11,16H,9-10,12H2,1H3,(H,22,27)(H,23,29)(H,24,26)/t16-/m1/s1. The largest absolute Gasteiger partial charge is 0.495 e. The molecule has 1 saturated heterocycles. The first-order valence-electron chi connectivity index (χ1n) is 9.01. The van der Waals surface area contributed by atoms with Crippen molar-refractivity contribution in [3.8, 4) is 5.75 Å². The number of hydrogen-bond acceptors (Lipinski definition) is 4. The third kappa shape index (κ3) is 5.36. The molecule has 1 atom stereocenters. The van der Waals surface area contributed by atoms with E-state index in [4.69, 9.17) is 28.6 Å². The number of nitrogens with one attached hydrogen (secondary N) is 3. The van der Waals surface area contributed by atoms with Gasteiger partial charge in [-0.05, 0) is 42.5 Å². The normalized spacial score (nSPS) is 16.0. The monoisotopic (exact) mass is 432 g/mol. The van der Waals surface area contributed by atoms with Crippen LogP contribution in [0.5, 0.6) is 5.75 Å². The topological polar surface area (TPSA) is 82.7 Å². The fourth-order valence-electron chi connectivity index (χ4n) is 3.03. The number of piperazine rings is 1. The lowest BCUT2D eigenvalue weighted by molar-refractivity contribution is -0.130. The second kappa shape index (κ2) is 9.58. The Balaban J connectivity index is 1.71. The number of para-hydroxylation sites is 1. The number of thiocarbonyl (C=S) groups is 1. The van der Waals surface area contributed by atoms with Crippen LogP contribution in [0.25, 0.3) is 0 Å². The Morgan fingerprint density at radius 1 is 1.28 bits per heavy atom. The number of anilines is 2. The molecule has 2 amide bonds. The summed E-state index contributed by atoms with van der Waals surface area (Å²) in [5.41, 5.74) is 1.26. The van der Waals surface area contributed by atoms with Gasteiger partial charge in [-0.15, -0.1) is 0 Å². The first kappa shape index (κ1) is 20.9. The van der Waals surface area contributed by atoms with Crippen LogP contribution < -0.4 is 20.7 Å². The van der Waals surface area contributed by atoms with Crippen molar-refractivity contribution in [3.05, 3.63) is 53.6 Å². The average Bonchev–Trinajstić information content (AvgIpc) is 2.70. The molecule has 3 rings (SSSR count). The van der Waals surface area contributed by atoms with Crippen LogP contribution >= 0.6 is 23.8 Å². The van der Waals surface area contributed by atoms with Gasteiger partial charge in [0.15, 0.2) is 5.11 Å². The molecule has 0 spiro atoms. The molecule has 0 bridgehead atoms. The summed E-state index contributed by atoms with van der Waals surface area (Å²) in [6.07, 6.45) is -0.0713. The molecular formula is C20H21ClN4O3S. The third-order valence-electron chi connectivity index (χ3n) is 4.43.